The van der Waals surface area contributed by atoms with E-state index in [1.165, 1.54) is 14.7 Å². The van der Waals surface area contributed by atoms with Crippen molar-refractivity contribution < 1.29 is 9.53 Å². The van der Waals surface area contributed by atoms with Gasteiger partial charge in [-0.25, -0.2) is 4.79 Å². The number of rotatable bonds is 6. The van der Waals surface area contributed by atoms with Gasteiger partial charge >= 0.3 is 5.69 Å². The lowest BCUT2D eigenvalue weighted by Gasteiger charge is -2.16. The number of amides is 1. The Morgan fingerprint density at radius 2 is 1.84 bits per heavy atom. The Balaban J connectivity index is 1.65. The zero-order valence-corrected chi connectivity index (χ0v) is 17.8. The Kier molecular flexibility index (Phi) is 6.04. The molecule has 3 aromatic rings. The summed E-state index contributed by atoms with van der Waals surface area (Å²) in [5.41, 5.74) is 1.45. The van der Waals surface area contributed by atoms with E-state index in [1.807, 2.05) is 24.3 Å². The van der Waals surface area contributed by atoms with E-state index in [9.17, 15) is 14.4 Å². The van der Waals surface area contributed by atoms with E-state index < -0.39 is 5.69 Å². The van der Waals surface area contributed by atoms with Gasteiger partial charge in [-0.3, -0.25) is 18.7 Å². The molecule has 0 aliphatic carbocycles. The van der Waals surface area contributed by atoms with Crippen LogP contribution < -0.4 is 16.6 Å². The van der Waals surface area contributed by atoms with E-state index >= 15 is 0 Å². The van der Waals surface area contributed by atoms with E-state index in [0.29, 0.717) is 29.1 Å². The van der Waals surface area contributed by atoms with Crippen LogP contribution in [0.2, 0.25) is 0 Å². The number of carbonyl (C=O) groups excluding carboxylic acids is 1. The summed E-state index contributed by atoms with van der Waals surface area (Å²) in [6.07, 6.45) is 1.57. The van der Waals surface area contributed by atoms with Crippen LogP contribution >= 0.6 is 0 Å². The second kappa shape index (κ2) is 8.89. The largest absolute Gasteiger partial charge is 0.376 e. The molecule has 162 valence electrons. The highest BCUT2D eigenvalue weighted by atomic mass is 16.5. The molecule has 7 heteroatoms. The fourth-order valence-corrected chi connectivity index (χ4v) is 3.97. The van der Waals surface area contributed by atoms with Gasteiger partial charge in [-0.2, -0.15) is 0 Å². The first kappa shape index (κ1) is 21.1. The lowest BCUT2D eigenvalue weighted by molar-refractivity contribution is -0.116. The molecule has 1 unspecified atom stereocenters. The zero-order valence-electron chi connectivity index (χ0n) is 17.8. The van der Waals surface area contributed by atoms with Crippen LogP contribution in [0.25, 0.3) is 10.9 Å². The molecule has 0 saturated carbocycles. The van der Waals surface area contributed by atoms with Crippen LogP contribution in [0.1, 0.15) is 38.2 Å². The predicted octanol–water partition coefficient (Wildman–Crippen LogP) is 3.10. The second-order valence-corrected chi connectivity index (χ2v) is 8.26. The number of nitrogens with one attached hydrogen (secondary N) is 1. The Labute approximate surface area is 180 Å². The summed E-state index contributed by atoms with van der Waals surface area (Å²) in [6.45, 7) is 4.87. The fraction of sp³-hybridized carbons (Fsp3) is 0.375. The van der Waals surface area contributed by atoms with Crippen molar-refractivity contribution in [2.75, 3.05) is 11.9 Å². The normalized spacial score (nSPS) is 16.2. The highest BCUT2D eigenvalue weighted by Crippen LogP contribution is 2.17. The van der Waals surface area contributed by atoms with Crippen LogP contribution in [0.5, 0.6) is 0 Å². The van der Waals surface area contributed by atoms with E-state index in [-0.39, 0.29) is 30.7 Å². The number of anilines is 1. The molecular formula is C24H27N3O4. The van der Waals surface area contributed by atoms with E-state index in [0.717, 1.165) is 12.8 Å². The molecule has 31 heavy (non-hydrogen) atoms. The summed E-state index contributed by atoms with van der Waals surface area (Å²) in [7, 11) is 0. The molecular weight excluding hydrogens is 394 g/mol. The van der Waals surface area contributed by atoms with Crippen LogP contribution in [-0.2, 0) is 22.6 Å². The number of benzene rings is 2. The summed E-state index contributed by atoms with van der Waals surface area (Å²) in [5.74, 6) is 0.0754. The molecule has 1 amide bonds. The van der Waals surface area contributed by atoms with Crippen molar-refractivity contribution in [1.29, 1.82) is 0 Å². The third-order valence-electron chi connectivity index (χ3n) is 5.71. The minimum absolute atomic E-state index is 0.159. The average molecular weight is 421 g/mol. The molecule has 0 bridgehead atoms. The summed E-state index contributed by atoms with van der Waals surface area (Å²) in [6, 6.07) is 14.5. The predicted molar refractivity (Wildman–Crippen MR) is 121 cm³/mol. The Morgan fingerprint density at radius 1 is 1.10 bits per heavy atom. The van der Waals surface area contributed by atoms with Crippen molar-refractivity contribution in [1.82, 2.24) is 9.13 Å². The quantitative estimate of drug-likeness (QED) is 0.663. The van der Waals surface area contributed by atoms with Crippen molar-refractivity contribution in [3.8, 4) is 0 Å². The first-order valence-corrected chi connectivity index (χ1v) is 10.7. The van der Waals surface area contributed by atoms with Gasteiger partial charge in [0, 0.05) is 12.3 Å². The highest BCUT2D eigenvalue weighted by Gasteiger charge is 2.21. The van der Waals surface area contributed by atoms with Crippen LogP contribution in [-0.4, -0.2) is 27.8 Å². The van der Waals surface area contributed by atoms with Crippen molar-refractivity contribution in [3.05, 3.63) is 74.9 Å². The van der Waals surface area contributed by atoms with Gasteiger partial charge in [-0.1, -0.05) is 38.1 Å². The third kappa shape index (κ3) is 4.46. The lowest BCUT2D eigenvalue weighted by Crippen LogP contribution is -2.43. The molecule has 1 fully saturated rings. The van der Waals surface area contributed by atoms with Gasteiger partial charge in [0.2, 0.25) is 5.91 Å². The minimum Gasteiger partial charge on any atom is -0.376 e. The Bertz CT molecular complexity index is 1200. The third-order valence-corrected chi connectivity index (χ3v) is 5.71. The number of aromatic nitrogens is 2. The lowest BCUT2D eigenvalue weighted by atomic mass is 10.0. The number of hydrogen-bond acceptors (Lipinski definition) is 4. The van der Waals surface area contributed by atoms with Gasteiger partial charge < -0.3 is 10.1 Å². The number of hydrogen-bond donors (Lipinski definition) is 1. The van der Waals surface area contributed by atoms with Crippen LogP contribution in [0.4, 0.5) is 5.69 Å². The number of carbonyl (C=O) groups is 1. The number of para-hydroxylation sites is 1. The molecule has 1 aliphatic heterocycles. The van der Waals surface area contributed by atoms with Crippen LogP contribution in [0, 0.1) is 0 Å². The first-order valence-electron chi connectivity index (χ1n) is 10.7. The summed E-state index contributed by atoms with van der Waals surface area (Å²) >= 11 is 0. The molecule has 2 aromatic carbocycles. The summed E-state index contributed by atoms with van der Waals surface area (Å²) < 4.78 is 8.18. The molecule has 1 aliphatic rings. The number of ether oxygens (including phenoxy) is 1. The molecule has 0 spiro atoms. The standard InChI is InChI=1S/C24H27N3O4/c1-16(2)17-9-11-18(12-10-17)25-22(28)15-26-21-8-4-3-7-20(21)23(29)27(24(26)30)14-19-6-5-13-31-19/h3-4,7-12,16,19H,5-6,13-15H2,1-2H3,(H,25,28). The van der Waals surface area contributed by atoms with Gasteiger partial charge in [0.05, 0.1) is 23.6 Å². The fourth-order valence-electron chi connectivity index (χ4n) is 3.97. The van der Waals surface area contributed by atoms with E-state index in [1.54, 1.807) is 24.3 Å². The summed E-state index contributed by atoms with van der Waals surface area (Å²) in [4.78, 5) is 38.9. The second-order valence-electron chi connectivity index (χ2n) is 8.26. The first-order chi connectivity index (χ1) is 14.9. The van der Waals surface area contributed by atoms with Crippen LogP contribution in [0.15, 0.2) is 58.1 Å². The molecule has 4 rings (SSSR count). The maximum absolute atomic E-state index is 13.2. The molecule has 2 heterocycles. The highest BCUT2D eigenvalue weighted by molar-refractivity contribution is 5.91. The van der Waals surface area contributed by atoms with Crippen molar-refractivity contribution in [2.24, 2.45) is 0 Å². The van der Waals surface area contributed by atoms with Gasteiger partial charge in [0.25, 0.3) is 5.56 Å². The Morgan fingerprint density at radius 3 is 2.52 bits per heavy atom. The molecule has 7 nitrogen and oxygen atoms in total. The van der Waals surface area contributed by atoms with Crippen molar-refractivity contribution in [3.63, 3.8) is 0 Å². The monoisotopic (exact) mass is 421 g/mol. The van der Waals surface area contributed by atoms with Gasteiger partial charge in [-0.05, 0) is 48.6 Å². The van der Waals surface area contributed by atoms with Gasteiger partial charge in [0.1, 0.15) is 6.54 Å². The van der Waals surface area contributed by atoms with Crippen LogP contribution in [0.3, 0.4) is 0 Å². The zero-order chi connectivity index (χ0) is 22.0. The van der Waals surface area contributed by atoms with Crippen molar-refractivity contribution in [2.45, 2.75) is 51.8 Å². The summed E-state index contributed by atoms with van der Waals surface area (Å²) in [5, 5.41) is 3.26. The molecule has 1 atom stereocenters. The van der Waals surface area contributed by atoms with Crippen molar-refractivity contribution >= 4 is 22.5 Å². The van der Waals surface area contributed by atoms with E-state index in [2.05, 4.69) is 19.2 Å². The number of nitrogens with zero attached hydrogens (tertiary/aromatic N) is 2. The Hall–Kier alpha value is -3.19. The maximum Gasteiger partial charge on any atom is 0.332 e. The molecule has 1 N–H and O–H groups in total. The van der Waals surface area contributed by atoms with Gasteiger partial charge in [0.15, 0.2) is 0 Å². The molecule has 1 aromatic heterocycles. The molecule has 0 radical (unpaired) electrons. The van der Waals surface area contributed by atoms with Gasteiger partial charge in [-0.15, -0.1) is 0 Å². The average Bonchev–Trinajstić information content (AvgIpc) is 3.28. The molecule has 1 saturated heterocycles. The number of fused-ring (bicyclic) bond motifs is 1. The van der Waals surface area contributed by atoms with E-state index in [4.69, 9.17) is 4.74 Å². The SMILES string of the molecule is CC(C)c1ccc(NC(=O)Cn2c(=O)n(CC3CCCO3)c(=O)c3ccccc32)cc1. The minimum atomic E-state index is -0.496. The maximum atomic E-state index is 13.2. The smallest absolute Gasteiger partial charge is 0.332 e. The topological polar surface area (TPSA) is 82.3 Å².